The molecule has 3 aromatic rings. The largest absolute Gasteiger partial charge is 0.509 e. The molecule has 1 aromatic heterocycles. The molecule has 0 radical (unpaired) electrons. The topological polar surface area (TPSA) is 85.2 Å². The average Bonchev–Trinajstić information content (AvgIpc) is 3.20. The van der Waals surface area contributed by atoms with E-state index in [-0.39, 0.29) is 18.1 Å². The fourth-order valence-corrected chi connectivity index (χ4v) is 3.11. The molecule has 0 fully saturated rings. The van der Waals surface area contributed by atoms with E-state index in [0.29, 0.717) is 23.9 Å². The van der Waals surface area contributed by atoms with Gasteiger partial charge in [0.2, 0.25) is 0 Å². The van der Waals surface area contributed by atoms with Crippen LogP contribution in [0, 0.1) is 11.3 Å². The molecule has 0 amide bonds. The zero-order valence-corrected chi connectivity index (χ0v) is 15.4. The Morgan fingerprint density at radius 2 is 1.93 bits per heavy atom. The van der Waals surface area contributed by atoms with E-state index in [4.69, 9.17) is 10.1 Å². The van der Waals surface area contributed by atoms with Crippen molar-refractivity contribution in [2.75, 3.05) is 18.1 Å². The summed E-state index contributed by atoms with van der Waals surface area (Å²) in [6.07, 6.45) is 0. The molecule has 2 aromatic carbocycles. The molecule has 0 saturated carbocycles. The predicted octanol–water partition coefficient (Wildman–Crippen LogP) is 4.36. The van der Waals surface area contributed by atoms with Gasteiger partial charge in [0.05, 0.1) is 29.8 Å². The molecule has 0 saturated heterocycles. The number of H-pyrrole nitrogens is 1. The van der Waals surface area contributed by atoms with Crippen molar-refractivity contribution in [1.29, 1.82) is 5.41 Å². The van der Waals surface area contributed by atoms with Crippen molar-refractivity contribution >= 4 is 28.1 Å². The standard InChI is InChI=1S/C21H22N4O2/c1-13(2)12-27-15-9-7-14(8-10-15)25-11-18(26)19(20(25)22)21-23-16-5-3-4-6-17(16)24-21/h3-10,13,22,26H,11-12H2,1-2H3,(H,23,24). The van der Waals surface area contributed by atoms with E-state index in [1.165, 1.54) is 0 Å². The summed E-state index contributed by atoms with van der Waals surface area (Å²) in [7, 11) is 0. The fourth-order valence-electron chi connectivity index (χ4n) is 3.11. The molecule has 4 rings (SSSR count). The molecule has 27 heavy (non-hydrogen) atoms. The van der Waals surface area contributed by atoms with Gasteiger partial charge in [-0.25, -0.2) is 4.98 Å². The Balaban J connectivity index is 1.56. The number of nitrogens with zero attached hydrogens (tertiary/aromatic N) is 2. The van der Waals surface area contributed by atoms with Gasteiger partial charge in [-0.1, -0.05) is 26.0 Å². The van der Waals surface area contributed by atoms with Crippen molar-refractivity contribution in [3.8, 4) is 5.75 Å². The minimum Gasteiger partial charge on any atom is -0.509 e. The number of hydrogen-bond acceptors (Lipinski definition) is 4. The van der Waals surface area contributed by atoms with Crippen LogP contribution in [0.5, 0.6) is 5.75 Å². The van der Waals surface area contributed by atoms with Crippen LogP contribution in [0.1, 0.15) is 19.7 Å². The molecule has 1 aliphatic rings. The number of anilines is 1. The monoisotopic (exact) mass is 362 g/mol. The van der Waals surface area contributed by atoms with E-state index in [1.807, 2.05) is 48.5 Å². The number of aliphatic hydroxyl groups excluding tert-OH is 1. The number of aromatic amines is 1. The second-order valence-electron chi connectivity index (χ2n) is 7.06. The zero-order chi connectivity index (χ0) is 19.0. The lowest BCUT2D eigenvalue weighted by Gasteiger charge is -2.19. The van der Waals surface area contributed by atoms with Crippen LogP contribution in [-0.4, -0.2) is 34.1 Å². The predicted molar refractivity (Wildman–Crippen MR) is 107 cm³/mol. The molecule has 6 nitrogen and oxygen atoms in total. The molecule has 2 heterocycles. The number of benzene rings is 2. The van der Waals surface area contributed by atoms with Gasteiger partial charge in [-0.2, -0.15) is 0 Å². The summed E-state index contributed by atoms with van der Waals surface area (Å²) in [6, 6.07) is 15.2. The highest BCUT2D eigenvalue weighted by molar-refractivity contribution is 6.30. The third-order valence-electron chi connectivity index (χ3n) is 4.46. The van der Waals surface area contributed by atoms with E-state index in [1.54, 1.807) is 4.90 Å². The van der Waals surface area contributed by atoms with Gasteiger partial charge in [-0.05, 0) is 42.3 Å². The first-order chi connectivity index (χ1) is 13.0. The number of imidazole rings is 1. The number of fused-ring (bicyclic) bond motifs is 1. The summed E-state index contributed by atoms with van der Waals surface area (Å²) >= 11 is 0. The van der Waals surface area contributed by atoms with E-state index < -0.39 is 0 Å². The molecule has 0 atom stereocenters. The smallest absolute Gasteiger partial charge is 0.145 e. The summed E-state index contributed by atoms with van der Waals surface area (Å²) < 4.78 is 5.71. The molecule has 3 N–H and O–H groups in total. The second kappa shape index (κ2) is 6.79. The van der Waals surface area contributed by atoms with Gasteiger partial charge in [0.25, 0.3) is 0 Å². The Kier molecular flexibility index (Phi) is 4.32. The molecular formula is C21H22N4O2. The fraction of sp³-hybridized carbons (Fsp3) is 0.238. The van der Waals surface area contributed by atoms with Crippen molar-refractivity contribution in [3.63, 3.8) is 0 Å². The number of aliphatic hydroxyl groups is 1. The normalized spacial score (nSPS) is 14.6. The minimum atomic E-state index is 0.138. The number of rotatable bonds is 5. The summed E-state index contributed by atoms with van der Waals surface area (Å²) in [4.78, 5) is 9.46. The highest BCUT2D eigenvalue weighted by Gasteiger charge is 2.31. The van der Waals surface area contributed by atoms with Crippen LogP contribution in [0.3, 0.4) is 0 Å². The van der Waals surface area contributed by atoms with Crippen molar-refractivity contribution < 1.29 is 9.84 Å². The summed E-state index contributed by atoms with van der Waals surface area (Å²) in [5.41, 5.74) is 2.96. The average molecular weight is 362 g/mol. The molecule has 0 spiro atoms. The van der Waals surface area contributed by atoms with Gasteiger partial charge in [0, 0.05) is 5.69 Å². The van der Waals surface area contributed by atoms with E-state index in [9.17, 15) is 5.11 Å². The first-order valence-electron chi connectivity index (χ1n) is 8.99. The molecule has 6 heteroatoms. The Bertz CT molecular complexity index is 985. The SMILES string of the molecule is CC(C)COc1ccc(N2CC(O)=C(c3nc4ccccc4[nH]3)C2=N)cc1. The second-order valence-corrected chi connectivity index (χ2v) is 7.06. The molecular weight excluding hydrogens is 340 g/mol. The van der Waals surface area contributed by atoms with Gasteiger partial charge in [0.15, 0.2) is 0 Å². The van der Waals surface area contributed by atoms with Crippen LogP contribution in [0.25, 0.3) is 16.6 Å². The van der Waals surface area contributed by atoms with Crippen molar-refractivity contribution in [2.45, 2.75) is 13.8 Å². The third-order valence-corrected chi connectivity index (χ3v) is 4.46. The third kappa shape index (κ3) is 3.26. The first kappa shape index (κ1) is 17.1. The Hall–Kier alpha value is -3.28. The van der Waals surface area contributed by atoms with Crippen LogP contribution >= 0.6 is 0 Å². The van der Waals surface area contributed by atoms with Crippen LogP contribution < -0.4 is 9.64 Å². The van der Waals surface area contributed by atoms with Crippen LogP contribution in [0.4, 0.5) is 5.69 Å². The zero-order valence-electron chi connectivity index (χ0n) is 15.4. The van der Waals surface area contributed by atoms with Crippen molar-refractivity contribution in [1.82, 2.24) is 9.97 Å². The summed E-state index contributed by atoms with van der Waals surface area (Å²) in [6.45, 7) is 5.12. The summed E-state index contributed by atoms with van der Waals surface area (Å²) in [5, 5.41) is 19.0. The Morgan fingerprint density at radius 3 is 2.63 bits per heavy atom. The van der Waals surface area contributed by atoms with Crippen LogP contribution in [-0.2, 0) is 0 Å². The molecule has 0 unspecified atom stereocenters. The van der Waals surface area contributed by atoms with E-state index in [0.717, 1.165) is 22.5 Å². The number of hydrogen-bond donors (Lipinski definition) is 3. The quantitative estimate of drug-likeness (QED) is 0.629. The molecule has 1 aliphatic heterocycles. The maximum Gasteiger partial charge on any atom is 0.145 e. The van der Waals surface area contributed by atoms with Crippen LogP contribution in [0.2, 0.25) is 0 Å². The lowest BCUT2D eigenvalue weighted by Crippen LogP contribution is -2.26. The summed E-state index contributed by atoms with van der Waals surface area (Å²) in [5.74, 6) is 2.14. The van der Waals surface area contributed by atoms with Gasteiger partial charge in [-0.3, -0.25) is 5.41 Å². The van der Waals surface area contributed by atoms with E-state index in [2.05, 4.69) is 23.8 Å². The Labute approximate surface area is 157 Å². The lowest BCUT2D eigenvalue weighted by atomic mass is 10.2. The number of nitrogens with one attached hydrogen (secondary N) is 2. The minimum absolute atomic E-state index is 0.138. The van der Waals surface area contributed by atoms with Gasteiger partial charge < -0.3 is 19.7 Å². The van der Waals surface area contributed by atoms with E-state index >= 15 is 0 Å². The van der Waals surface area contributed by atoms with Crippen molar-refractivity contribution in [3.05, 3.63) is 60.1 Å². The maximum atomic E-state index is 10.5. The van der Waals surface area contributed by atoms with Crippen molar-refractivity contribution in [2.24, 2.45) is 5.92 Å². The first-order valence-corrected chi connectivity index (χ1v) is 8.99. The molecule has 138 valence electrons. The Morgan fingerprint density at radius 1 is 1.19 bits per heavy atom. The number of amidine groups is 1. The highest BCUT2D eigenvalue weighted by atomic mass is 16.5. The van der Waals surface area contributed by atoms with Crippen LogP contribution in [0.15, 0.2) is 54.3 Å². The molecule has 0 aliphatic carbocycles. The number of ether oxygens (including phenoxy) is 1. The van der Waals surface area contributed by atoms with Gasteiger partial charge in [-0.15, -0.1) is 0 Å². The molecule has 0 bridgehead atoms. The number of aromatic nitrogens is 2. The van der Waals surface area contributed by atoms with Gasteiger partial charge in [0.1, 0.15) is 23.2 Å². The van der Waals surface area contributed by atoms with Gasteiger partial charge >= 0.3 is 0 Å². The lowest BCUT2D eigenvalue weighted by molar-refractivity contribution is 0.271. The maximum absolute atomic E-state index is 10.5. The number of para-hydroxylation sites is 2. The highest BCUT2D eigenvalue weighted by Crippen LogP contribution is 2.31.